The van der Waals surface area contributed by atoms with Crippen LogP contribution < -0.4 is 14.8 Å². The Kier molecular flexibility index (Phi) is 7.36. The van der Waals surface area contributed by atoms with Gasteiger partial charge in [-0.25, -0.2) is 0 Å². The summed E-state index contributed by atoms with van der Waals surface area (Å²) in [5, 5.41) is 14.6. The second-order valence-corrected chi connectivity index (χ2v) is 8.45. The van der Waals surface area contributed by atoms with Gasteiger partial charge >= 0.3 is 0 Å². The fourth-order valence-electron chi connectivity index (χ4n) is 3.89. The summed E-state index contributed by atoms with van der Waals surface area (Å²) in [6, 6.07) is 21.7. The van der Waals surface area contributed by atoms with Crippen LogP contribution in [0.15, 0.2) is 66.7 Å². The van der Waals surface area contributed by atoms with Gasteiger partial charge in [0, 0.05) is 29.1 Å². The Morgan fingerprint density at radius 1 is 1.03 bits per heavy atom. The third kappa shape index (κ3) is 5.52. The maximum absolute atomic E-state index is 10.3. The molecule has 4 rings (SSSR count). The minimum Gasteiger partial charge on any atom is -0.489 e. The molecule has 1 heterocycles. The first-order valence-corrected chi connectivity index (χ1v) is 11.1. The molecule has 6 heteroatoms. The zero-order valence-corrected chi connectivity index (χ0v) is 18.6. The smallest absolute Gasteiger partial charge is 0.139 e. The van der Waals surface area contributed by atoms with Gasteiger partial charge in [-0.1, -0.05) is 65.7 Å². The highest BCUT2D eigenvalue weighted by Crippen LogP contribution is 2.38. The molecule has 0 amide bonds. The van der Waals surface area contributed by atoms with Crippen molar-refractivity contribution in [2.24, 2.45) is 0 Å². The van der Waals surface area contributed by atoms with E-state index in [2.05, 4.69) is 41.7 Å². The molecule has 2 unspecified atom stereocenters. The number of aliphatic hydroxyl groups is 1. The van der Waals surface area contributed by atoms with Crippen LogP contribution in [0.4, 0.5) is 0 Å². The molecule has 0 fully saturated rings. The molecular formula is C25H25Cl2NO3. The Balaban J connectivity index is 1.33. The van der Waals surface area contributed by atoms with Crippen LogP contribution in [0.25, 0.3) is 0 Å². The van der Waals surface area contributed by atoms with E-state index in [0.717, 1.165) is 18.7 Å². The summed E-state index contributed by atoms with van der Waals surface area (Å²) in [6.45, 7) is 1.89. The number of ether oxygens (including phenoxy) is 2. The number of rotatable bonds is 8. The van der Waals surface area contributed by atoms with Gasteiger partial charge in [0.25, 0.3) is 0 Å². The van der Waals surface area contributed by atoms with Gasteiger partial charge in [0.15, 0.2) is 0 Å². The summed E-state index contributed by atoms with van der Waals surface area (Å²) in [5.74, 6) is 1.65. The monoisotopic (exact) mass is 457 g/mol. The van der Waals surface area contributed by atoms with E-state index >= 15 is 0 Å². The van der Waals surface area contributed by atoms with E-state index in [9.17, 15) is 5.11 Å². The van der Waals surface area contributed by atoms with Crippen molar-refractivity contribution in [3.05, 3.63) is 93.5 Å². The summed E-state index contributed by atoms with van der Waals surface area (Å²) in [4.78, 5) is 0. The minimum absolute atomic E-state index is 0.135. The van der Waals surface area contributed by atoms with Gasteiger partial charge in [0.05, 0.1) is 5.02 Å². The standard InChI is InChI=1S/C25H25Cl2NO3/c26-18-9-10-23(27)25(13-18)31-16-19(29)14-28-12-11-21-20-6-2-1-5-17(20)15-30-24-8-4-3-7-22(21)24/h1-10,13,19,21,28-29H,11-12,14-16H2. The quantitative estimate of drug-likeness (QED) is 0.442. The van der Waals surface area contributed by atoms with Gasteiger partial charge in [0.2, 0.25) is 0 Å². The Labute approximate surface area is 192 Å². The number of para-hydroxylation sites is 1. The van der Waals surface area contributed by atoms with E-state index in [1.54, 1.807) is 18.2 Å². The van der Waals surface area contributed by atoms with Crippen LogP contribution in [0.3, 0.4) is 0 Å². The van der Waals surface area contributed by atoms with E-state index in [1.807, 2.05) is 12.1 Å². The lowest BCUT2D eigenvalue weighted by Gasteiger charge is -2.20. The summed E-state index contributed by atoms with van der Waals surface area (Å²) in [7, 11) is 0. The van der Waals surface area contributed by atoms with Crippen LogP contribution in [0, 0.1) is 0 Å². The maximum Gasteiger partial charge on any atom is 0.139 e. The molecule has 0 bridgehead atoms. The lowest BCUT2D eigenvalue weighted by Crippen LogP contribution is -2.32. The Morgan fingerprint density at radius 2 is 1.81 bits per heavy atom. The predicted molar refractivity (Wildman–Crippen MR) is 125 cm³/mol. The number of halogens is 2. The van der Waals surface area contributed by atoms with Crippen molar-refractivity contribution < 1.29 is 14.6 Å². The second kappa shape index (κ2) is 10.4. The average Bonchev–Trinajstić information content (AvgIpc) is 2.94. The van der Waals surface area contributed by atoms with Crippen molar-refractivity contribution in [3.63, 3.8) is 0 Å². The van der Waals surface area contributed by atoms with Gasteiger partial charge in [-0.15, -0.1) is 0 Å². The summed E-state index contributed by atoms with van der Waals surface area (Å²) in [6.07, 6.45) is 0.234. The van der Waals surface area contributed by atoms with Crippen molar-refractivity contribution in [2.45, 2.75) is 25.0 Å². The molecule has 31 heavy (non-hydrogen) atoms. The van der Waals surface area contributed by atoms with E-state index in [1.165, 1.54) is 16.7 Å². The Bertz CT molecular complexity index is 980. The van der Waals surface area contributed by atoms with Crippen LogP contribution in [0.2, 0.25) is 10.0 Å². The zero-order chi connectivity index (χ0) is 21.6. The van der Waals surface area contributed by atoms with E-state index in [0.29, 0.717) is 28.9 Å². The number of hydrogen-bond donors (Lipinski definition) is 2. The van der Waals surface area contributed by atoms with Crippen LogP contribution in [0.5, 0.6) is 11.5 Å². The average molecular weight is 458 g/mol. The normalized spacial score (nSPS) is 15.9. The summed E-state index contributed by atoms with van der Waals surface area (Å²) < 4.78 is 11.7. The highest BCUT2D eigenvalue weighted by Gasteiger charge is 2.23. The molecule has 1 aliphatic heterocycles. The van der Waals surface area contributed by atoms with Crippen LogP contribution >= 0.6 is 23.2 Å². The zero-order valence-electron chi connectivity index (χ0n) is 17.1. The Hall–Kier alpha value is -2.24. The van der Waals surface area contributed by atoms with E-state index in [-0.39, 0.29) is 12.5 Å². The number of benzene rings is 3. The third-order valence-electron chi connectivity index (χ3n) is 5.42. The largest absolute Gasteiger partial charge is 0.489 e. The molecule has 1 aliphatic rings. The first-order valence-electron chi connectivity index (χ1n) is 10.4. The lowest BCUT2D eigenvalue weighted by atomic mass is 9.86. The molecule has 0 radical (unpaired) electrons. The first-order chi connectivity index (χ1) is 15.1. The Morgan fingerprint density at radius 3 is 2.68 bits per heavy atom. The highest BCUT2D eigenvalue weighted by atomic mass is 35.5. The highest BCUT2D eigenvalue weighted by molar-refractivity contribution is 6.34. The molecule has 0 aromatic heterocycles. The first kappa shape index (κ1) is 22.0. The molecule has 3 aromatic rings. The van der Waals surface area contributed by atoms with E-state index < -0.39 is 6.10 Å². The molecule has 0 spiro atoms. The fourth-order valence-corrected chi connectivity index (χ4v) is 4.22. The van der Waals surface area contributed by atoms with Crippen molar-refractivity contribution >= 4 is 23.2 Å². The lowest BCUT2D eigenvalue weighted by molar-refractivity contribution is 0.106. The van der Waals surface area contributed by atoms with Crippen molar-refractivity contribution in [1.29, 1.82) is 0 Å². The number of nitrogens with one attached hydrogen (secondary N) is 1. The molecule has 2 N–H and O–H groups in total. The summed E-state index contributed by atoms with van der Waals surface area (Å²) in [5.41, 5.74) is 3.72. The number of fused-ring (bicyclic) bond motifs is 2. The van der Waals surface area contributed by atoms with Gasteiger partial charge in [-0.3, -0.25) is 0 Å². The molecule has 3 aromatic carbocycles. The molecule has 0 saturated heterocycles. The van der Waals surface area contributed by atoms with Gasteiger partial charge in [0.1, 0.15) is 30.8 Å². The van der Waals surface area contributed by atoms with Crippen LogP contribution in [-0.4, -0.2) is 30.9 Å². The van der Waals surface area contributed by atoms with Crippen molar-refractivity contribution in [3.8, 4) is 11.5 Å². The topological polar surface area (TPSA) is 50.7 Å². The predicted octanol–water partition coefficient (Wildman–Crippen LogP) is 5.44. The van der Waals surface area contributed by atoms with Crippen molar-refractivity contribution in [2.75, 3.05) is 19.7 Å². The fraction of sp³-hybridized carbons (Fsp3) is 0.280. The van der Waals surface area contributed by atoms with Gasteiger partial charge in [-0.2, -0.15) is 0 Å². The van der Waals surface area contributed by atoms with Gasteiger partial charge < -0.3 is 19.9 Å². The SMILES string of the molecule is OC(CNCCC1c2ccccc2COc2ccccc21)COc1cc(Cl)ccc1Cl. The molecular weight excluding hydrogens is 433 g/mol. The number of aliphatic hydroxyl groups excluding tert-OH is 1. The van der Waals surface area contributed by atoms with E-state index in [4.69, 9.17) is 32.7 Å². The van der Waals surface area contributed by atoms with Crippen LogP contribution in [-0.2, 0) is 6.61 Å². The molecule has 0 aliphatic carbocycles. The molecule has 162 valence electrons. The third-order valence-corrected chi connectivity index (χ3v) is 5.97. The second-order valence-electron chi connectivity index (χ2n) is 7.61. The maximum atomic E-state index is 10.3. The van der Waals surface area contributed by atoms with Gasteiger partial charge in [-0.05, 0) is 42.3 Å². The number of hydrogen-bond acceptors (Lipinski definition) is 4. The van der Waals surface area contributed by atoms with Crippen LogP contribution in [0.1, 0.15) is 29.0 Å². The summed E-state index contributed by atoms with van der Waals surface area (Å²) >= 11 is 12.1. The molecule has 0 saturated carbocycles. The van der Waals surface area contributed by atoms with Crippen molar-refractivity contribution in [1.82, 2.24) is 5.32 Å². The molecule has 4 nitrogen and oxygen atoms in total. The molecule has 2 atom stereocenters. The minimum atomic E-state index is -0.660.